The summed E-state index contributed by atoms with van der Waals surface area (Å²) >= 11 is 0. The second-order valence-corrected chi connectivity index (χ2v) is 19.3. The molecule has 12 bridgehead atoms. The highest BCUT2D eigenvalue weighted by Gasteiger charge is 2.67. The van der Waals surface area contributed by atoms with Crippen LogP contribution in [-0.4, -0.2) is 72.5 Å². The van der Waals surface area contributed by atoms with Crippen molar-refractivity contribution in [2.45, 2.75) is 114 Å². The van der Waals surface area contributed by atoms with E-state index < -0.39 is 33.4 Å². The molecule has 1 aliphatic heterocycles. The van der Waals surface area contributed by atoms with Crippen molar-refractivity contribution in [1.29, 1.82) is 0 Å². The summed E-state index contributed by atoms with van der Waals surface area (Å²) in [4.78, 5) is 40.3. The molecule has 10 heteroatoms. The van der Waals surface area contributed by atoms with Gasteiger partial charge in [0.1, 0.15) is 13.2 Å². The molecule has 1 heterocycles. The molecule has 1 saturated heterocycles. The van der Waals surface area contributed by atoms with Gasteiger partial charge in [-0.3, -0.25) is 9.59 Å². The van der Waals surface area contributed by atoms with Gasteiger partial charge in [0.2, 0.25) is 0 Å². The van der Waals surface area contributed by atoms with Crippen LogP contribution in [-0.2, 0) is 33.3 Å². The summed E-state index contributed by atoms with van der Waals surface area (Å²) < 4.78 is 26.1. The number of carbonyl (C=O) groups is 3. The Balaban J connectivity index is 0.881. The number of aliphatic hydroxyl groups is 2. The maximum atomic E-state index is 14.0. The van der Waals surface area contributed by atoms with Crippen LogP contribution in [0.3, 0.4) is 0 Å². The molecule has 2 N–H and O–H groups in total. The maximum Gasteiger partial charge on any atom is 0.312 e. The van der Waals surface area contributed by atoms with Crippen LogP contribution in [0.4, 0.5) is 0 Å². The van der Waals surface area contributed by atoms with Crippen LogP contribution in [0.25, 0.3) is 0 Å². The predicted octanol–water partition coefficient (Wildman–Crippen LogP) is 2.75. The zero-order valence-electron chi connectivity index (χ0n) is 27.9. The Morgan fingerprint density at radius 2 is 0.979 bits per heavy atom. The summed E-state index contributed by atoms with van der Waals surface area (Å²) in [7, 11) is 0. The molecule has 0 aromatic carbocycles. The van der Waals surface area contributed by atoms with Crippen molar-refractivity contribution in [1.82, 2.24) is 0 Å². The van der Waals surface area contributed by atoms with E-state index in [2.05, 4.69) is 0 Å². The molecule has 0 aromatic heterocycles. The van der Waals surface area contributed by atoms with E-state index >= 15 is 0 Å². The van der Waals surface area contributed by atoms with Crippen molar-refractivity contribution in [2.24, 2.45) is 74.9 Å². The Hall–Kier alpha value is -1.75. The molecule has 12 saturated carbocycles. The number of hydrogen-bond acceptors (Lipinski definition) is 10. The van der Waals surface area contributed by atoms with Crippen LogP contribution in [0.2, 0.25) is 0 Å². The largest absolute Gasteiger partial charge is 0.550 e. The first-order valence-electron chi connectivity index (χ1n) is 19.1. The highest BCUT2D eigenvalue weighted by atomic mass is 16.7. The second-order valence-electron chi connectivity index (χ2n) is 19.3. The Bertz CT molecular complexity index is 1280. The molecule has 10 nitrogen and oxygen atoms in total. The number of aliphatic hydroxyl groups excluding tert-OH is 2. The lowest BCUT2D eigenvalue weighted by Gasteiger charge is -2.66. The normalized spacial score (nSPS) is 56.5. The standard InChI is InChI=1S/C38H52O10/c39-29-23-1-20-2-24(29)11-36(8-20,10-23)32(43)45-16-34(17-46-33(44)37-9-21-3-25(12-37)30(40)26(4-21)13-37)18-47-38(48-19-34)27-5-22-6-28(38)15-35(7-22,14-27)31(41)42/h20-30,39-40H,1-19H2,(H,41,42)/p-1. The summed E-state index contributed by atoms with van der Waals surface area (Å²) in [5, 5.41) is 33.9. The third-order valence-corrected chi connectivity index (χ3v) is 16.3. The van der Waals surface area contributed by atoms with Crippen LogP contribution in [0.1, 0.15) is 96.3 Å². The Morgan fingerprint density at radius 1 is 0.583 bits per heavy atom. The van der Waals surface area contributed by atoms with Crippen molar-refractivity contribution < 1.29 is 48.7 Å². The van der Waals surface area contributed by atoms with E-state index in [1.165, 1.54) is 0 Å². The number of hydrogen-bond donors (Lipinski definition) is 2. The first kappa shape index (κ1) is 31.0. The van der Waals surface area contributed by atoms with Gasteiger partial charge in [-0.1, -0.05) is 0 Å². The lowest BCUT2D eigenvalue weighted by Crippen LogP contribution is -2.69. The predicted molar refractivity (Wildman–Crippen MR) is 164 cm³/mol. The molecule has 0 radical (unpaired) electrons. The van der Waals surface area contributed by atoms with Gasteiger partial charge in [-0.2, -0.15) is 0 Å². The van der Waals surface area contributed by atoms with Crippen molar-refractivity contribution >= 4 is 17.9 Å². The quantitative estimate of drug-likeness (QED) is 0.388. The first-order valence-corrected chi connectivity index (χ1v) is 19.1. The molecule has 264 valence electrons. The van der Waals surface area contributed by atoms with Crippen LogP contribution in [0.15, 0.2) is 0 Å². The van der Waals surface area contributed by atoms with Crippen LogP contribution in [0.5, 0.6) is 0 Å². The summed E-state index contributed by atoms with van der Waals surface area (Å²) in [5.74, 6) is -0.466. The van der Waals surface area contributed by atoms with Crippen molar-refractivity contribution in [3.05, 3.63) is 0 Å². The molecular formula is C38H51O10-. The van der Waals surface area contributed by atoms with Gasteiger partial charge in [-0.15, -0.1) is 0 Å². The minimum absolute atomic E-state index is 0.0139. The lowest BCUT2D eigenvalue weighted by atomic mass is 9.47. The van der Waals surface area contributed by atoms with E-state index in [1.807, 2.05) is 0 Å². The fourth-order valence-corrected chi connectivity index (χ4v) is 14.7. The molecule has 13 aliphatic rings. The second kappa shape index (κ2) is 10.2. The number of carboxylic acids is 1. The number of aliphatic carboxylic acids is 1. The molecule has 1 spiro atoms. The van der Waals surface area contributed by atoms with Gasteiger partial charge in [-0.25, -0.2) is 0 Å². The molecular weight excluding hydrogens is 616 g/mol. The molecule has 48 heavy (non-hydrogen) atoms. The molecule has 0 aromatic rings. The van der Waals surface area contributed by atoms with Crippen LogP contribution < -0.4 is 5.11 Å². The maximum absolute atomic E-state index is 14.0. The third-order valence-electron chi connectivity index (χ3n) is 16.3. The minimum Gasteiger partial charge on any atom is -0.550 e. The fourth-order valence-electron chi connectivity index (χ4n) is 14.7. The van der Waals surface area contributed by atoms with Gasteiger partial charge >= 0.3 is 11.9 Å². The molecule has 12 aliphatic carbocycles. The zero-order valence-corrected chi connectivity index (χ0v) is 27.9. The van der Waals surface area contributed by atoms with Gasteiger partial charge in [0.05, 0.1) is 41.7 Å². The van der Waals surface area contributed by atoms with Gasteiger partial charge in [0, 0.05) is 23.2 Å². The first-order chi connectivity index (χ1) is 22.9. The van der Waals surface area contributed by atoms with Crippen molar-refractivity contribution in [2.75, 3.05) is 26.4 Å². The number of carboxylic acid groups (broad SMARTS) is 1. The van der Waals surface area contributed by atoms with E-state index in [-0.39, 0.29) is 86.1 Å². The Labute approximate surface area is 282 Å². The van der Waals surface area contributed by atoms with Crippen molar-refractivity contribution in [3.8, 4) is 0 Å². The van der Waals surface area contributed by atoms with E-state index in [1.54, 1.807) is 0 Å². The number of rotatable bonds is 7. The SMILES string of the molecule is O=C([O-])C12CC3CC(C1)C1(OCC(COC(=O)C45CC6CC(C4)C(O)C(C6)C5)(COC(=O)C45CC6CC(C4)C(O)C(C6)C5)CO1)C(C3)C2. The topological polar surface area (TPSA) is 152 Å². The highest BCUT2D eigenvalue weighted by molar-refractivity contribution is 5.78. The lowest BCUT2D eigenvalue weighted by molar-refractivity contribution is -0.399. The molecule has 6 unspecified atom stereocenters. The molecule has 6 atom stereocenters. The van der Waals surface area contributed by atoms with Crippen molar-refractivity contribution in [3.63, 3.8) is 0 Å². The summed E-state index contributed by atoms with van der Waals surface area (Å²) in [5.41, 5.74) is -2.82. The summed E-state index contributed by atoms with van der Waals surface area (Å²) in [6.07, 6.45) is 11.0. The van der Waals surface area contributed by atoms with E-state index in [0.717, 1.165) is 51.4 Å². The van der Waals surface area contributed by atoms with Crippen LogP contribution >= 0.6 is 0 Å². The highest BCUT2D eigenvalue weighted by Crippen LogP contribution is 2.66. The average Bonchev–Trinajstić information content (AvgIpc) is 3.06. The monoisotopic (exact) mass is 667 g/mol. The third kappa shape index (κ3) is 4.27. The zero-order chi connectivity index (χ0) is 32.8. The van der Waals surface area contributed by atoms with Gasteiger partial charge in [0.25, 0.3) is 0 Å². The van der Waals surface area contributed by atoms with Gasteiger partial charge in [0.15, 0.2) is 5.79 Å². The number of ether oxygens (including phenoxy) is 4. The molecule has 0 amide bonds. The fraction of sp³-hybridized carbons (Fsp3) is 0.921. The molecule has 13 fully saturated rings. The average molecular weight is 668 g/mol. The molecule has 13 rings (SSSR count). The summed E-state index contributed by atoms with van der Waals surface area (Å²) in [6.45, 7) is 0.422. The van der Waals surface area contributed by atoms with E-state index in [4.69, 9.17) is 18.9 Å². The van der Waals surface area contributed by atoms with E-state index in [9.17, 15) is 29.7 Å². The smallest absolute Gasteiger partial charge is 0.312 e. The number of esters is 2. The van der Waals surface area contributed by atoms with Gasteiger partial charge < -0.3 is 39.1 Å². The minimum atomic E-state index is -0.949. The Kier molecular flexibility index (Phi) is 6.59. The van der Waals surface area contributed by atoms with Crippen LogP contribution in [0, 0.1) is 74.9 Å². The van der Waals surface area contributed by atoms with E-state index in [0.29, 0.717) is 62.7 Å². The number of carbonyl (C=O) groups excluding carboxylic acids is 3. The Morgan fingerprint density at radius 3 is 1.40 bits per heavy atom. The summed E-state index contributed by atoms with van der Waals surface area (Å²) in [6, 6.07) is 0. The van der Waals surface area contributed by atoms with Gasteiger partial charge in [-0.05, 0) is 138 Å².